The van der Waals surface area contributed by atoms with E-state index in [0.29, 0.717) is 34.8 Å². The molecule has 3 aromatic rings. The molecule has 2 aliphatic rings. The lowest BCUT2D eigenvalue weighted by Crippen LogP contribution is -2.58. The number of carboxylic acid groups (broad SMARTS) is 1. The molecule has 6 nitrogen and oxygen atoms in total. The van der Waals surface area contributed by atoms with Crippen LogP contribution in [0.25, 0.3) is 0 Å². The highest BCUT2D eigenvalue weighted by atomic mass is 35.5. The van der Waals surface area contributed by atoms with Gasteiger partial charge in [-0.05, 0) is 75.5 Å². The highest BCUT2D eigenvalue weighted by Crippen LogP contribution is 2.52. The van der Waals surface area contributed by atoms with Gasteiger partial charge < -0.3 is 20.1 Å². The van der Waals surface area contributed by atoms with Crippen molar-refractivity contribution in [1.82, 2.24) is 10.2 Å². The summed E-state index contributed by atoms with van der Waals surface area (Å²) in [4.78, 5) is 29.0. The van der Waals surface area contributed by atoms with Crippen LogP contribution in [0.15, 0.2) is 96.2 Å². The zero-order valence-corrected chi connectivity index (χ0v) is 25.2. The zero-order chi connectivity index (χ0) is 29.9. The van der Waals surface area contributed by atoms with E-state index in [4.69, 9.17) is 16.3 Å². The quantitative estimate of drug-likeness (QED) is 0.297. The van der Waals surface area contributed by atoms with Crippen LogP contribution in [0.5, 0.6) is 0 Å². The first-order chi connectivity index (χ1) is 20.2. The van der Waals surface area contributed by atoms with Gasteiger partial charge in [0, 0.05) is 28.1 Å². The third-order valence-corrected chi connectivity index (χ3v) is 9.98. The Balaban J connectivity index is 1.47. The Bertz CT molecular complexity index is 1410. The molecular formula is C35H39ClN2O4. The Morgan fingerprint density at radius 2 is 1.50 bits per heavy atom. The number of carbonyl (C=O) groups is 2. The minimum Gasteiger partial charge on any atom is -0.481 e. The fourth-order valence-electron chi connectivity index (χ4n) is 7.31. The summed E-state index contributed by atoms with van der Waals surface area (Å²) in [6.07, 6.45) is 2.19. The van der Waals surface area contributed by atoms with Crippen LogP contribution >= 0.6 is 11.6 Å². The number of piperidine rings is 1. The Morgan fingerprint density at radius 3 is 2.02 bits per heavy atom. The molecule has 0 radical (unpaired) electrons. The molecule has 2 heterocycles. The molecular weight excluding hydrogens is 548 g/mol. The molecule has 3 aromatic carbocycles. The first-order valence-corrected chi connectivity index (χ1v) is 15.0. The molecule has 0 aliphatic carbocycles. The standard InChI is InChI=1S/C35H39ClN2O4/c1-24-30(32(39)42-3)31(28-16-10-11-17-29(28)36)35(33(40)41,25(2)37-24)20-23-38-21-18-34(19-22-38,26-12-6-4-7-13-26)27-14-8-5-9-15-27/h4-17,25,31,37H,18-23H2,1-3H3,(H,40,41). The number of hydrogen-bond donors (Lipinski definition) is 2. The Hall–Kier alpha value is -3.61. The predicted octanol–water partition coefficient (Wildman–Crippen LogP) is 6.41. The topological polar surface area (TPSA) is 78.9 Å². The van der Waals surface area contributed by atoms with Gasteiger partial charge in [-0.1, -0.05) is 90.5 Å². The largest absolute Gasteiger partial charge is 0.481 e. The fraction of sp³-hybridized carbons (Fsp3) is 0.371. The van der Waals surface area contributed by atoms with Gasteiger partial charge in [0.05, 0.1) is 18.1 Å². The Labute approximate surface area is 253 Å². The summed E-state index contributed by atoms with van der Waals surface area (Å²) in [5.74, 6) is -2.28. The molecule has 0 aromatic heterocycles. The highest BCUT2D eigenvalue weighted by Gasteiger charge is 2.57. The van der Waals surface area contributed by atoms with Gasteiger partial charge in [0.25, 0.3) is 0 Å². The summed E-state index contributed by atoms with van der Waals surface area (Å²) >= 11 is 6.70. The van der Waals surface area contributed by atoms with E-state index in [2.05, 4.69) is 70.9 Å². The van der Waals surface area contributed by atoms with Crippen molar-refractivity contribution in [3.63, 3.8) is 0 Å². The summed E-state index contributed by atoms with van der Waals surface area (Å²) < 4.78 is 5.18. The van der Waals surface area contributed by atoms with E-state index in [1.54, 1.807) is 13.0 Å². The maximum Gasteiger partial charge on any atom is 0.336 e. The van der Waals surface area contributed by atoms with E-state index in [1.165, 1.54) is 18.2 Å². The number of carbonyl (C=O) groups excluding carboxylic acids is 1. The number of esters is 1. The molecule has 1 saturated heterocycles. The smallest absolute Gasteiger partial charge is 0.336 e. The third-order valence-electron chi connectivity index (χ3n) is 9.64. The van der Waals surface area contributed by atoms with E-state index in [0.717, 1.165) is 25.9 Å². The van der Waals surface area contributed by atoms with E-state index in [1.807, 2.05) is 25.1 Å². The van der Waals surface area contributed by atoms with Gasteiger partial charge in [0.2, 0.25) is 0 Å². The predicted molar refractivity (Wildman–Crippen MR) is 166 cm³/mol. The molecule has 2 aliphatic heterocycles. The number of ether oxygens (including phenoxy) is 1. The van der Waals surface area contributed by atoms with Crippen molar-refractivity contribution >= 4 is 23.5 Å². The maximum absolute atomic E-state index is 13.4. The van der Waals surface area contributed by atoms with Crippen molar-refractivity contribution in [2.24, 2.45) is 5.41 Å². The lowest BCUT2D eigenvalue weighted by Gasteiger charge is -2.49. The van der Waals surface area contributed by atoms with Crippen molar-refractivity contribution in [3.05, 3.63) is 118 Å². The molecule has 0 bridgehead atoms. The third kappa shape index (κ3) is 5.23. The molecule has 1 fully saturated rings. The van der Waals surface area contributed by atoms with Gasteiger partial charge in [-0.3, -0.25) is 4.79 Å². The van der Waals surface area contributed by atoms with Gasteiger partial charge in [-0.15, -0.1) is 0 Å². The van der Waals surface area contributed by atoms with Crippen LogP contribution in [0.4, 0.5) is 0 Å². The number of aliphatic carboxylic acids is 1. The minimum absolute atomic E-state index is 0.0960. The maximum atomic E-state index is 13.4. The second-order valence-corrected chi connectivity index (χ2v) is 12.0. The van der Waals surface area contributed by atoms with Crippen molar-refractivity contribution < 1.29 is 19.4 Å². The fourth-order valence-corrected chi connectivity index (χ4v) is 7.56. The van der Waals surface area contributed by atoms with Crippen molar-refractivity contribution in [2.75, 3.05) is 26.7 Å². The van der Waals surface area contributed by atoms with E-state index >= 15 is 0 Å². The Kier molecular flexibility index (Phi) is 8.76. The lowest BCUT2D eigenvalue weighted by molar-refractivity contribution is -0.154. The molecule has 0 amide bonds. The van der Waals surface area contributed by atoms with Crippen molar-refractivity contribution in [1.29, 1.82) is 0 Å². The lowest BCUT2D eigenvalue weighted by atomic mass is 9.60. The molecule has 3 atom stereocenters. The van der Waals surface area contributed by atoms with Gasteiger partial charge in [0.1, 0.15) is 0 Å². The number of nitrogens with zero attached hydrogens (tertiary/aromatic N) is 1. The number of likely N-dealkylation sites (tertiary alicyclic amines) is 1. The molecule has 5 rings (SSSR count). The molecule has 3 unspecified atom stereocenters. The number of benzene rings is 3. The van der Waals surface area contributed by atoms with E-state index < -0.39 is 29.3 Å². The minimum atomic E-state index is -1.33. The summed E-state index contributed by atoms with van der Waals surface area (Å²) in [5.41, 5.74) is 2.75. The number of carboxylic acids is 1. The van der Waals surface area contributed by atoms with Gasteiger partial charge >= 0.3 is 11.9 Å². The number of methoxy groups -OCH3 is 1. The number of nitrogens with one attached hydrogen (secondary N) is 1. The molecule has 42 heavy (non-hydrogen) atoms. The second-order valence-electron chi connectivity index (χ2n) is 11.6. The van der Waals surface area contributed by atoms with Crippen molar-refractivity contribution in [3.8, 4) is 0 Å². The van der Waals surface area contributed by atoms with Crippen LogP contribution in [0.2, 0.25) is 5.02 Å². The number of hydrogen-bond acceptors (Lipinski definition) is 5. The second kappa shape index (κ2) is 12.3. The zero-order valence-electron chi connectivity index (χ0n) is 24.5. The average molecular weight is 587 g/mol. The molecule has 2 N–H and O–H groups in total. The average Bonchev–Trinajstić information content (AvgIpc) is 3.01. The molecule has 220 valence electrons. The first-order valence-electron chi connectivity index (χ1n) is 14.6. The van der Waals surface area contributed by atoms with E-state index in [-0.39, 0.29) is 5.41 Å². The summed E-state index contributed by atoms with van der Waals surface area (Å²) in [6, 6.07) is 28.1. The van der Waals surface area contributed by atoms with E-state index in [9.17, 15) is 14.7 Å². The van der Waals surface area contributed by atoms with Crippen LogP contribution in [-0.2, 0) is 19.7 Å². The monoisotopic (exact) mass is 586 g/mol. The molecule has 7 heteroatoms. The molecule has 0 saturated carbocycles. The van der Waals surface area contributed by atoms with Crippen LogP contribution < -0.4 is 5.32 Å². The molecule has 0 spiro atoms. The van der Waals surface area contributed by atoms with Crippen LogP contribution in [-0.4, -0.2) is 54.7 Å². The number of allylic oxidation sites excluding steroid dienone is 1. The van der Waals surface area contributed by atoms with Gasteiger partial charge in [-0.2, -0.15) is 0 Å². The number of halogens is 1. The Morgan fingerprint density at radius 1 is 0.952 bits per heavy atom. The normalized spacial score (nSPS) is 24.1. The van der Waals surface area contributed by atoms with Crippen molar-refractivity contribution in [2.45, 2.75) is 50.5 Å². The first kappa shape index (κ1) is 29.9. The van der Waals surface area contributed by atoms with Crippen LogP contribution in [0.3, 0.4) is 0 Å². The summed E-state index contributed by atoms with van der Waals surface area (Å²) in [5, 5.41) is 14.7. The highest BCUT2D eigenvalue weighted by molar-refractivity contribution is 6.31. The SMILES string of the molecule is COC(=O)C1=C(C)NC(C)C(CCN2CCC(c3ccccc3)(c3ccccc3)CC2)(C(=O)O)C1c1ccccc1Cl. The summed E-state index contributed by atoms with van der Waals surface area (Å²) in [7, 11) is 1.33. The summed E-state index contributed by atoms with van der Waals surface area (Å²) in [6.45, 7) is 5.93. The van der Waals surface area contributed by atoms with Crippen LogP contribution in [0.1, 0.15) is 55.7 Å². The van der Waals surface area contributed by atoms with Crippen LogP contribution in [0, 0.1) is 5.41 Å². The number of rotatable bonds is 8. The van der Waals surface area contributed by atoms with Gasteiger partial charge in [0.15, 0.2) is 0 Å². The van der Waals surface area contributed by atoms with Gasteiger partial charge in [-0.25, -0.2) is 4.79 Å².